The number of fused-ring (bicyclic) bond motifs is 2. The first-order valence-corrected chi connectivity index (χ1v) is 16.0. The molecule has 0 radical (unpaired) electrons. The number of thiophene rings is 1. The van der Waals surface area contributed by atoms with Gasteiger partial charge in [-0.15, -0.1) is 11.3 Å². The number of nitrogens with zero attached hydrogens (tertiary/aromatic N) is 1. The monoisotopic (exact) mass is 677 g/mol. The quantitative estimate of drug-likeness (QED) is 0.0827. The number of hydrogen-bond donors (Lipinski definition) is 2. The Balaban J connectivity index is 1.26. The van der Waals surface area contributed by atoms with Gasteiger partial charge in [-0.25, -0.2) is 10.2 Å². The van der Waals surface area contributed by atoms with Crippen molar-refractivity contribution in [3.05, 3.63) is 86.2 Å². The van der Waals surface area contributed by atoms with E-state index in [1.807, 2.05) is 31.2 Å². The molecular weight excluding hydrogens is 646 g/mol. The van der Waals surface area contributed by atoms with E-state index >= 15 is 0 Å². The number of amides is 2. The molecule has 1 aliphatic rings. The summed E-state index contributed by atoms with van der Waals surface area (Å²) in [4.78, 5) is 39.0. The minimum atomic E-state index is -0.971. The molecule has 0 saturated heterocycles. The number of hydrogen-bond acceptors (Lipinski definition) is 8. The van der Waals surface area contributed by atoms with Gasteiger partial charge in [-0.1, -0.05) is 42.5 Å². The maximum absolute atomic E-state index is 12.7. The molecule has 0 fully saturated rings. The summed E-state index contributed by atoms with van der Waals surface area (Å²) in [6.45, 7) is 4.56. The first-order valence-electron chi connectivity index (χ1n) is 14.4. The van der Waals surface area contributed by atoms with Gasteiger partial charge in [0.2, 0.25) is 0 Å². The van der Waals surface area contributed by atoms with E-state index in [-0.39, 0.29) is 6.61 Å². The third-order valence-electron chi connectivity index (χ3n) is 7.05. The van der Waals surface area contributed by atoms with Crippen molar-refractivity contribution in [3.63, 3.8) is 0 Å². The number of anilines is 1. The number of benzene rings is 3. The molecule has 1 heterocycles. The fourth-order valence-corrected chi connectivity index (χ4v) is 6.93. The van der Waals surface area contributed by atoms with Crippen LogP contribution in [-0.4, -0.2) is 37.2 Å². The molecule has 0 aliphatic heterocycles. The Hall–Kier alpha value is -4.22. The minimum absolute atomic E-state index is 0.213. The second-order valence-electron chi connectivity index (χ2n) is 9.98. The summed E-state index contributed by atoms with van der Waals surface area (Å²) in [5, 5.41) is 9.12. The summed E-state index contributed by atoms with van der Waals surface area (Å²) in [6.07, 6.45) is 4.93. The molecule has 1 aliphatic carbocycles. The van der Waals surface area contributed by atoms with Crippen LogP contribution in [0.4, 0.5) is 5.00 Å². The molecule has 3 aromatic carbocycles. The predicted molar refractivity (Wildman–Crippen MR) is 175 cm³/mol. The van der Waals surface area contributed by atoms with E-state index in [0.717, 1.165) is 52.5 Å². The van der Waals surface area contributed by atoms with Crippen LogP contribution in [0.2, 0.25) is 0 Å². The van der Waals surface area contributed by atoms with Crippen LogP contribution < -0.4 is 20.2 Å². The molecule has 0 bridgehead atoms. The normalized spacial score (nSPS) is 12.5. The van der Waals surface area contributed by atoms with Crippen molar-refractivity contribution in [2.75, 3.05) is 18.5 Å². The fraction of sp³-hybridized carbons (Fsp3) is 0.273. The van der Waals surface area contributed by atoms with Gasteiger partial charge in [0.25, 0.3) is 0 Å². The zero-order valence-electron chi connectivity index (χ0n) is 24.4. The number of halogens is 1. The molecule has 0 atom stereocenters. The molecule has 11 heteroatoms. The smallest absolute Gasteiger partial charge is 0.341 e. The van der Waals surface area contributed by atoms with E-state index in [9.17, 15) is 14.4 Å². The molecule has 4 aromatic rings. The van der Waals surface area contributed by atoms with Crippen LogP contribution in [-0.2, 0) is 33.8 Å². The zero-order valence-corrected chi connectivity index (χ0v) is 26.8. The Bertz CT molecular complexity index is 1730. The van der Waals surface area contributed by atoms with Gasteiger partial charge >= 0.3 is 17.8 Å². The third-order valence-corrected chi connectivity index (χ3v) is 8.84. The third kappa shape index (κ3) is 7.11. The Kier molecular flexibility index (Phi) is 10.3. The highest BCUT2D eigenvalue weighted by Gasteiger charge is 2.28. The summed E-state index contributed by atoms with van der Waals surface area (Å²) < 4.78 is 17.9. The maximum atomic E-state index is 12.7. The van der Waals surface area contributed by atoms with E-state index in [0.29, 0.717) is 45.3 Å². The number of hydrazone groups is 1. The van der Waals surface area contributed by atoms with E-state index in [1.165, 1.54) is 17.6 Å². The number of ether oxygens (including phenoxy) is 3. The van der Waals surface area contributed by atoms with Crippen molar-refractivity contribution >= 4 is 67.0 Å². The van der Waals surface area contributed by atoms with E-state index in [1.54, 1.807) is 19.1 Å². The molecule has 2 amide bonds. The van der Waals surface area contributed by atoms with Crippen molar-refractivity contribution in [3.8, 4) is 11.5 Å². The van der Waals surface area contributed by atoms with Crippen LogP contribution in [0, 0.1) is 0 Å². The molecule has 0 spiro atoms. The summed E-state index contributed by atoms with van der Waals surface area (Å²) in [5.41, 5.74) is 5.14. The van der Waals surface area contributed by atoms with Crippen LogP contribution in [0.5, 0.6) is 11.5 Å². The second kappa shape index (κ2) is 14.5. The molecular formula is C33H32BrN3O6S. The number of nitrogens with one attached hydrogen (secondary N) is 2. The summed E-state index contributed by atoms with van der Waals surface area (Å²) in [7, 11) is 0. The average Bonchev–Trinajstić information content (AvgIpc) is 3.38. The van der Waals surface area contributed by atoms with Gasteiger partial charge in [-0.3, -0.25) is 9.59 Å². The maximum Gasteiger partial charge on any atom is 0.341 e. The fourth-order valence-electron chi connectivity index (χ4n) is 5.08. The molecule has 0 unspecified atom stereocenters. The van der Waals surface area contributed by atoms with Gasteiger partial charge in [0.05, 0.1) is 29.5 Å². The molecule has 1 aromatic heterocycles. The lowest BCUT2D eigenvalue weighted by molar-refractivity contribution is -0.136. The second-order valence-corrected chi connectivity index (χ2v) is 11.9. The lowest BCUT2D eigenvalue weighted by atomic mass is 9.95. The molecule has 228 valence electrons. The molecule has 9 nitrogen and oxygen atoms in total. The molecule has 5 rings (SSSR count). The number of aryl methyl sites for hydroxylation is 1. The van der Waals surface area contributed by atoms with Crippen LogP contribution in [0.3, 0.4) is 0 Å². The van der Waals surface area contributed by atoms with Gasteiger partial charge < -0.3 is 19.5 Å². The first-order chi connectivity index (χ1) is 21.4. The van der Waals surface area contributed by atoms with Crippen molar-refractivity contribution in [1.29, 1.82) is 0 Å². The SMILES string of the molecule is CCOC(=O)c1c(NC(=O)C(=O)NN=Cc2cc(Br)c(OCc3cccc4ccccc34)c(OCC)c2)sc2c1CCCC2. The van der Waals surface area contributed by atoms with Gasteiger partial charge in [0.15, 0.2) is 11.5 Å². The van der Waals surface area contributed by atoms with Crippen LogP contribution in [0.15, 0.2) is 64.2 Å². The number of rotatable bonds is 10. The number of carbonyl (C=O) groups is 3. The zero-order chi connectivity index (χ0) is 31.1. The average molecular weight is 679 g/mol. The minimum Gasteiger partial charge on any atom is -0.490 e. The lowest BCUT2D eigenvalue weighted by Crippen LogP contribution is -2.32. The first kappa shape index (κ1) is 31.2. The van der Waals surface area contributed by atoms with Gasteiger partial charge in [0.1, 0.15) is 11.6 Å². The standard InChI is InChI=1S/C33H32BrN3O6S/c1-3-41-26-17-20(16-25(34)29(26)43-19-22-12-9-11-21-10-5-6-13-23(21)22)18-35-37-31(39)30(38)36-32-28(33(40)42-4-2)24-14-7-8-15-27(24)44-32/h5-6,9-13,16-18H,3-4,7-8,14-15,19H2,1-2H3,(H,36,38)(H,37,39). The van der Waals surface area contributed by atoms with Crippen LogP contribution in [0.25, 0.3) is 10.8 Å². The Morgan fingerprint density at radius 3 is 2.59 bits per heavy atom. The van der Waals surface area contributed by atoms with Crippen LogP contribution >= 0.6 is 27.3 Å². The Labute approximate surface area is 267 Å². The summed E-state index contributed by atoms with van der Waals surface area (Å²) in [5.74, 6) is -1.36. The van der Waals surface area contributed by atoms with Crippen molar-refractivity contribution < 1.29 is 28.6 Å². The number of carbonyl (C=O) groups excluding carboxylic acids is 3. The molecule has 44 heavy (non-hydrogen) atoms. The van der Waals surface area contributed by atoms with E-state index in [4.69, 9.17) is 14.2 Å². The van der Waals surface area contributed by atoms with Crippen molar-refractivity contribution in [2.45, 2.75) is 46.1 Å². The highest BCUT2D eigenvalue weighted by molar-refractivity contribution is 9.10. The molecule has 0 saturated carbocycles. The Morgan fingerprint density at radius 1 is 0.977 bits per heavy atom. The van der Waals surface area contributed by atoms with E-state index in [2.05, 4.69) is 50.0 Å². The van der Waals surface area contributed by atoms with Gasteiger partial charge in [0, 0.05) is 4.88 Å². The van der Waals surface area contributed by atoms with Gasteiger partial charge in [-0.05, 0) is 95.1 Å². The lowest BCUT2D eigenvalue weighted by Gasteiger charge is -2.15. The highest BCUT2D eigenvalue weighted by atomic mass is 79.9. The largest absolute Gasteiger partial charge is 0.490 e. The highest BCUT2D eigenvalue weighted by Crippen LogP contribution is 2.39. The molecule has 2 N–H and O–H groups in total. The van der Waals surface area contributed by atoms with Crippen molar-refractivity contribution in [1.82, 2.24) is 5.43 Å². The van der Waals surface area contributed by atoms with Crippen molar-refractivity contribution in [2.24, 2.45) is 5.10 Å². The predicted octanol–water partition coefficient (Wildman–Crippen LogP) is 6.79. The topological polar surface area (TPSA) is 115 Å². The van der Waals surface area contributed by atoms with Gasteiger partial charge in [-0.2, -0.15) is 5.10 Å². The summed E-state index contributed by atoms with van der Waals surface area (Å²) >= 11 is 4.88. The van der Waals surface area contributed by atoms with E-state index < -0.39 is 17.8 Å². The van der Waals surface area contributed by atoms with Crippen LogP contribution in [0.1, 0.15) is 58.6 Å². The number of esters is 1. The summed E-state index contributed by atoms with van der Waals surface area (Å²) in [6, 6.07) is 17.7. The Morgan fingerprint density at radius 2 is 1.77 bits per heavy atom.